The number of hydrogen-bond donors (Lipinski definition) is 4. The third-order valence-corrected chi connectivity index (χ3v) is 5.02. The van der Waals surface area contributed by atoms with Crippen LogP contribution in [0, 0.1) is 0 Å². The van der Waals surface area contributed by atoms with Gasteiger partial charge in [-0.25, -0.2) is 0 Å². The summed E-state index contributed by atoms with van der Waals surface area (Å²) >= 11 is 0. The van der Waals surface area contributed by atoms with Gasteiger partial charge in [0.2, 0.25) is 0 Å². The fraction of sp³-hybridized carbons (Fsp3) is 1.00. The van der Waals surface area contributed by atoms with E-state index in [0.29, 0.717) is 24.2 Å². The summed E-state index contributed by atoms with van der Waals surface area (Å²) < 4.78 is 0. The third kappa shape index (κ3) is 5.68. The molecule has 0 aliphatic heterocycles. The first kappa shape index (κ1) is 17.9. The Morgan fingerprint density at radius 1 is 0.450 bits per heavy atom. The van der Waals surface area contributed by atoms with Crippen LogP contribution in [-0.4, -0.2) is 52.4 Å². The van der Waals surface area contributed by atoms with Gasteiger partial charge in [-0.1, -0.05) is 25.7 Å². The summed E-state index contributed by atoms with van der Waals surface area (Å²) in [5.74, 6) is 0. The Hall–Kier alpha value is -0.160. The predicted octanol–water partition coefficient (Wildman–Crippen LogP) is 1.47. The molecule has 0 spiro atoms. The zero-order valence-corrected chi connectivity index (χ0v) is 14.0. The van der Waals surface area contributed by atoms with Crippen molar-refractivity contribution in [2.75, 3.05) is 28.2 Å². The van der Waals surface area contributed by atoms with Crippen molar-refractivity contribution in [2.24, 2.45) is 0 Å². The highest BCUT2D eigenvalue weighted by molar-refractivity contribution is 4.84. The standard InChI is InChI=1S/2C8H18N2/c2*1-9-7-5-3-4-6-8(7)10-2/h2*7-10H,3-6H2,1-2H3/t2*7-,8-/m10/s1. The van der Waals surface area contributed by atoms with E-state index in [4.69, 9.17) is 0 Å². The van der Waals surface area contributed by atoms with Gasteiger partial charge in [-0.15, -0.1) is 0 Å². The smallest absolute Gasteiger partial charge is 0.0218 e. The lowest BCUT2D eigenvalue weighted by Gasteiger charge is -2.30. The van der Waals surface area contributed by atoms with E-state index in [-0.39, 0.29) is 0 Å². The highest BCUT2D eigenvalue weighted by Crippen LogP contribution is 2.18. The van der Waals surface area contributed by atoms with Gasteiger partial charge in [0.1, 0.15) is 0 Å². The van der Waals surface area contributed by atoms with Gasteiger partial charge in [0, 0.05) is 24.2 Å². The van der Waals surface area contributed by atoms with Crippen molar-refractivity contribution in [1.29, 1.82) is 0 Å². The van der Waals surface area contributed by atoms with Crippen LogP contribution in [-0.2, 0) is 0 Å². The van der Waals surface area contributed by atoms with Gasteiger partial charge in [-0.05, 0) is 53.9 Å². The Balaban J connectivity index is 0.000000200. The van der Waals surface area contributed by atoms with Crippen molar-refractivity contribution in [3.05, 3.63) is 0 Å². The summed E-state index contributed by atoms with van der Waals surface area (Å²) in [6.07, 6.45) is 10.9. The number of nitrogens with one attached hydrogen (secondary N) is 4. The first-order valence-corrected chi connectivity index (χ1v) is 8.45. The van der Waals surface area contributed by atoms with E-state index in [1.807, 2.05) is 0 Å². The van der Waals surface area contributed by atoms with Gasteiger partial charge in [-0.2, -0.15) is 0 Å². The van der Waals surface area contributed by atoms with E-state index in [2.05, 4.69) is 49.5 Å². The van der Waals surface area contributed by atoms with E-state index in [1.54, 1.807) is 0 Å². The maximum atomic E-state index is 3.34. The zero-order valence-electron chi connectivity index (χ0n) is 14.0. The van der Waals surface area contributed by atoms with Gasteiger partial charge < -0.3 is 21.3 Å². The molecule has 0 bridgehead atoms. The molecule has 0 amide bonds. The molecule has 4 N–H and O–H groups in total. The molecule has 4 heteroatoms. The minimum Gasteiger partial charge on any atom is -0.315 e. The summed E-state index contributed by atoms with van der Waals surface area (Å²) in [4.78, 5) is 0. The molecular formula is C16H36N4. The van der Waals surface area contributed by atoms with Gasteiger partial charge in [0.05, 0.1) is 0 Å². The quantitative estimate of drug-likeness (QED) is 0.631. The van der Waals surface area contributed by atoms with Crippen molar-refractivity contribution < 1.29 is 0 Å². The molecule has 2 aliphatic rings. The lowest BCUT2D eigenvalue weighted by atomic mass is 9.91. The average Bonchev–Trinajstić information content (AvgIpc) is 2.55. The molecule has 2 aliphatic carbocycles. The van der Waals surface area contributed by atoms with Crippen molar-refractivity contribution in [2.45, 2.75) is 75.5 Å². The Morgan fingerprint density at radius 2 is 0.650 bits per heavy atom. The molecule has 120 valence electrons. The van der Waals surface area contributed by atoms with E-state index in [9.17, 15) is 0 Å². The largest absolute Gasteiger partial charge is 0.315 e. The zero-order chi connectivity index (χ0) is 14.8. The maximum Gasteiger partial charge on any atom is 0.0218 e. The van der Waals surface area contributed by atoms with Gasteiger partial charge in [-0.3, -0.25) is 0 Å². The fourth-order valence-corrected chi connectivity index (χ4v) is 3.64. The maximum absolute atomic E-state index is 3.34. The Morgan fingerprint density at radius 3 is 0.800 bits per heavy atom. The molecule has 0 aromatic rings. The first-order chi connectivity index (χ1) is 9.76. The summed E-state index contributed by atoms with van der Waals surface area (Å²) in [5, 5.41) is 13.4. The van der Waals surface area contributed by atoms with Crippen LogP contribution in [0.25, 0.3) is 0 Å². The van der Waals surface area contributed by atoms with E-state index < -0.39 is 0 Å². The second kappa shape index (κ2) is 10.6. The third-order valence-electron chi connectivity index (χ3n) is 5.02. The average molecular weight is 284 g/mol. The molecule has 2 rings (SSSR count). The SMILES string of the molecule is CN[C@@H]1CCCC[C@H]1NC.CN[C@H]1CCCC[C@@H]1NC. The molecule has 0 saturated heterocycles. The van der Waals surface area contributed by atoms with Crippen LogP contribution in [0.5, 0.6) is 0 Å². The van der Waals surface area contributed by atoms with Crippen molar-refractivity contribution in [3.8, 4) is 0 Å². The van der Waals surface area contributed by atoms with Gasteiger partial charge >= 0.3 is 0 Å². The molecule has 0 unspecified atom stereocenters. The predicted molar refractivity (Wildman–Crippen MR) is 88.3 cm³/mol. The van der Waals surface area contributed by atoms with Crippen molar-refractivity contribution >= 4 is 0 Å². The Labute approximate surface area is 125 Å². The van der Waals surface area contributed by atoms with Crippen LogP contribution in [0.3, 0.4) is 0 Å². The first-order valence-electron chi connectivity index (χ1n) is 8.45. The molecule has 0 heterocycles. The van der Waals surface area contributed by atoms with Crippen molar-refractivity contribution in [3.63, 3.8) is 0 Å². The topological polar surface area (TPSA) is 48.1 Å². The molecule has 4 atom stereocenters. The van der Waals surface area contributed by atoms with E-state index in [0.717, 1.165) is 0 Å². The van der Waals surface area contributed by atoms with Gasteiger partial charge in [0.25, 0.3) is 0 Å². The number of likely N-dealkylation sites (N-methyl/N-ethyl adjacent to an activating group) is 4. The van der Waals surface area contributed by atoms with Crippen LogP contribution in [0.15, 0.2) is 0 Å². The summed E-state index contributed by atoms with van der Waals surface area (Å²) in [6, 6.07) is 2.83. The van der Waals surface area contributed by atoms with Crippen LogP contribution < -0.4 is 21.3 Å². The normalized spacial score (nSPS) is 34.2. The van der Waals surface area contributed by atoms with Gasteiger partial charge in [0.15, 0.2) is 0 Å². The summed E-state index contributed by atoms with van der Waals surface area (Å²) in [7, 11) is 8.22. The summed E-state index contributed by atoms with van der Waals surface area (Å²) in [5.41, 5.74) is 0. The second-order valence-electron chi connectivity index (χ2n) is 6.15. The molecule has 0 aromatic heterocycles. The highest BCUT2D eigenvalue weighted by atomic mass is 15.0. The molecule has 0 radical (unpaired) electrons. The van der Waals surface area contributed by atoms with Crippen LogP contribution >= 0.6 is 0 Å². The molecular weight excluding hydrogens is 248 g/mol. The highest BCUT2D eigenvalue weighted by Gasteiger charge is 2.21. The Bertz CT molecular complexity index is 187. The van der Waals surface area contributed by atoms with Crippen LogP contribution in [0.1, 0.15) is 51.4 Å². The Kier molecular flexibility index (Phi) is 9.44. The lowest BCUT2D eigenvalue weighted by Crippen LogP contribution is -2.47. The van der Waals surface area contributed by atoms with Crippen LogP contribution in [0.2, 0.25) is 0 Å². The minimum absolute atomic E-state index is 0.707. The minimum atomic E-state index is 0.707. The number of rotatable bonds is 4. The molecule has 4 nitrogen and oxygen atoms in total. The van der Waals surface area contributed by atoms with E-state index in [1.165, 1.54) is 51.4 Å². The monoisotopic (exact) mass is 284 g/mol. The van der Waals surface area contributed by atoms with Crippen LogP contribution in [0.4, 0.5) is 0 Å². The molecule has 20 heavy (non-hydrogen) atoms. The fourth-order valence-electron chi connectivity index (χ4n) is 3.64. The molecule has 0 aromatic carbocycles. The number of hydrogen-bond acceptors (Lipinski definition) is 4. The van der Waals surface area contributed by atoms with E-state index >= 15 is 0 Å². The molecule has 2 fully saturated rings. The lowest BCUT2D eigenvalue weighted by molar-refractivity contribution is 0.309. The summed E-state index contributed by atoms with van der Waals surface area (Å²) in [6.45, 7) is 0. The second-order valence-corrected chi connectivity index (χ2v) is 6.15. The molecule has 2 saturated carbocycles. The van der Waals surface area contributed by atoms with Crippen molar-refractivity contribution in [1.82, 2.24) is 21.3 Å².